The molecule has 0 radical (unpaired) electrons. The smallest absolute Gasteiger partial charge is 0.263 e. The second-order valence-electron chi connectivity index (χ2n) is 4.98. The van der Waals surface area contributed by atoms with Crippen LogP contribution in [0.2, 0.25) is 0 Å². The first-order chi connectivity index (χ1) is 9.95. The molecule has 5 nitrogen and oxygen atoms in total. The Bertz CT molecular complexity index is 669. The van der Waals surface area contributed by atoms with Gasteiger partial charge in [-0.25, -0.2) is 4.98 Å². The van der Waals surface area contributed by atoms with Crippen LogP contribution in [0.3, 0.4) is 0 Å². The van der Waals surface area contributed by atoms with Crippen molar-refractivity contribution < 1.29 is 9.53 Å². The minimum absolute atomic E-state index is 0.0601. The van der Waals surface area contributed by atoms with Crippen LogP contribution in [0.25, 0.3) is 0 Å². The molecule has 1 amide bonds. The lowest BCUT2D eigenvalue weighted by Gasteiger charge is -2.10. The number of hydrogen-bond donors (Lipinski definition) is 2. The van der Waals surface area contributed by atoms with E-state index in [1.807, 2.05) is 32.0 Å². The van der Waals surface area contributed by atoms with Gasteiger partial charge in [0.2, 0.25) is 0 Å². The fourth-order valence-corrected chi connectivity index (χ4v) is 1.83. The number of ether oxygens (including phenoxy) is 1. The van der Waals surface area contributed by atoms with Gasteiger partial charge in [0.15, 0.2) is 6.61 Å². The van der Waals surface area contributed by atoms with E-state index in [-0.39, 0.29) is 12.5 Å². The van der Waals surface area contributed by atoms with Crippen molar-refractivity contribution in [1.29, 1.82) is 0 Å². The van der Waals surface area contributed by atoms with Crippen LogP contribution >= 0.6 is 0 Å². The van der Waals surface area contributed by atoms with Gasteiger partial charge >= 0.3 is 0 Å². The summed E-state index contributed by atoms with van der Waals surface area (Å²) in [6.45, 7) is 5.65. The van der Waals surface area contributed by atoms with E-state index in [9.17, 15) is 4.79 Å². The van der Waals surface area contributed by atoms with Gasteiger partial charge in [-0.15, -0.1) is 0 Å². The summed E-state index contributed by atoms with van der Waals surface area (Å²) in [5.74, 6) is 0.926. The van der Waals surface area contributed by atoms with Crippen LogP contribution in [-0.4, -0.2) is 17.5 Å². The Balaban J connectivity index is 1.95. The molecule has 5 heteroatoms. The predicted octanol–water partition coefficient (Wildman–Crippen LogP) is 2.61. The Morgan fingerprint density at radius 3 is 2.71 bits per heavy atom. The summed E-state index contributed by atoms with van der Waals surface area (Å²) in [5, 5.41) is 2.68. The zero-order valence-corrected chi connectivity index (χ0v) is 12.4. The van der Waals surface area contributed by atoms with Crippen molar-refractivity contribution in [3.05, 3.63) is 47.2 Å². The number of anilines is 2. The molecular formula is C16H19N3O2. The number of carbonyl (C=O) groups excluding carboxylic acids is 1. The van der Waals surface area contributed by atoms with Crippen molar-refractivity contribution in [1.82, 2.24) is 4.98 Å². The van der Waals surface area contributed by atoms with Gasteiger partial charge in [0.1, 0.15) is 11.6 Å². The largest absolute Gasteiger partial charge is 0.483 e. The summed E-state index contributed by atoms with van der Waals surface area (Å²) in [7, 11) is 0. The molecule has 1 aromatic carbocycles. The van der Waals surface area contributed by atoms with Crippen molar-refractivity contribution in [2.45, 2.75) is 20.8 Å². The molecule has 0 unspecified atom stereocenters. The molecule has 110 valence electrons. The fraction of sp³-hybridized carbons (Fsp3) is 0.250. The lowest BCUT2D eigenvalue weighted by molar-refractivity contribution is -0.118. The third kappa shape index (κ3) is 3.95. The molecular weight excluding hydrogens is 266 g/mol. The lowest BCUT2D eigenvalue weighted by Crippen LogP contribution is -2.21. The van der Waals surface area contributed by atoms with Crippen molar-refractivity contribution in [3.8, 4) is 5.75 Å². The van der Waals surface area contributed by atoms with Crippen LogP contribution in [0.4, 0.5) is 11.5 Å². The molecule has 1 aromatic heterocycles. The molecule has 0 saturated heterocycles. The summed E-state index contributed by atoms with van der Waals surface area (Å²) in [4.78, 5) is 16.1. The Kier molecular flexibility index (Phi) is 4.42. The van der Waals surface area contributed by atoms with Gasteiger partial charge in [-0.05, 0) is 50.1 Å². The molecule has 0 saturated carbocycles. The molecule has 0 spiro atoms. The Labute approximate surface area is 124 Å². The summed E-state index contributed by atoms with van der Waals surface area (Å²) in [6, 6.07) is 9.26. The number of rotatable bonds is 4. The van der Waals surface area contributed by atoms with Crippen molar-refractivity contribution >= 4 is 17.4 Å². The topological polar surface area (TPSA) is 77.2 Å². The van der Waals surface area contributed by atoms with E-state index in [2.05, 4.69) is 10.3 Å². The van der Waals surface area contributed by atoms with Crippen LogP contribution < -0.4 is 15.8 Å². The van der Waals surface area contributed by atoms with Crippen molar-refractivity contribution in [2.75, 3.05) is 17.7 Å². The van der Waals surface area contributed by atoms with E-state index in [1.54, 1.807) is 19.1 Å². The molecule has 0 fully saturated rings. The van der Waals surface area contributed by atoms with Gasteiger partial charge in [-0.2, -0.15) is 0 Å². The molecule has 0 atom stereocenters. The minimum Gasteiger partial charge on any atom is -0.483 e. The SMILES string of the molecule is Cc1ccc(C)c(OCC(=O)Nc2ccc(N)c(C)n2)c1. The van der Waals surface area contributed by atoms with E-state index >= 15 is 0 Å². The number of aryl methyl sites for hydroxylation is 3. The van der Waals surface area contributed by atoms with Gasteiger partial charge in [0, 0.05) is 0 Å². The second-order valence-corrected chi connectivity index (χ2v) is 4.98. The first kappa shape index (κ1) is 14.8. The van der Waals surface area contributed by atoms with Crippen LogP contribution in [0.15, 0.2) is 30.3 Å². The highest BCUT2D eigenvalue weighted by Gasteiger charge is 2.07. The van der Waals surface area contributed by atoms with Crippen molar-refractivity contribution in [3.63, 3.8) is 0 Å². The molecule has 0 bridgehead atoms. The van der Waals surface area contributed by atoms with Crippen LogP contribution in [-0.2, 0) is 4.79 Å². The summed E-state index contributed by atoms with van der Waals surface area (Å²) in [6.07, 6.45) is 0. The molecule has 21 heavy (non-hydrogen) atoms. The first-order valence-electron chi connectivity index (χ1n) is 6.69. The first-order valence-corrected chi connectivity index (χ1v) is 6.69. The third-order valence-electron chi connectivity index (χ3n) is 3.10. The maximum absolute atomic E-state index is 11.9. The van der Waals surface area contributed by atoms with Gasteiger partial charge in [-0.1, -0.05) is 12.1 Å². The van der Waals surface area contributed by atoms with Gasteiger partial charge in [0.05, 0.1) is 11.4 Å². The van der Waals surface area contributed by atoms with Gasteiger partial charge in [-0.3, -0.25) is 4.79 Å². The molecule has 0 aliphatic rings. The number of carbonyl (C=O) groups is 1. The number of aromatic nitrogens is 1. The third-order valence-corrected chi connectivity index (χ3v) is 3.10. The zero-order chi connectivity index (χ0) is 15.4. The number of nitrogen functional groups attached to an aromatic ring is 1. The number of pyridine rings is 1. The van der Waals surface area contributed by atoms with E-state index in [1.165, 1.54) is 0 Å². The van der Waals surface area contributed by atoms with E-state index in [4.69, 9.17) is 10.5 Å². The van der Waals surface area contributed by atoms with Crippen LogP contribution in [0.1, 0.15) is 16.8 Å². The quantitative estimate of drug-likeness (QED) is 0.905. The van der Waals surface area contributed by atoms with E-state index < -0.39 is 0 Å². The predicted molar refractivity (Wildman–Crippen MR) is 83.4 cm³/mol. The maximum Gasteiger partial charge on any atom is 0.263 e. The highest BCUT2D eigenvalue weighted by molar-refractivity contribution is 5.91. The molecule has 2 aromatic rings. The van der Waals surface area contributed by atoms with E-state index in [0.717, 1.165) is 11.1 Å². The molecule has 0 aliphatic carbocycles. The average molecular weight is 285 g/mol. The number of amides is 1. The number of benzene rings is 1. The normalized spacial score (nSPS) is 10.2. The molecule has 2 rings (SSSR count). The Morgan fingerprint density at radius 1 is 1.24 bits per heavy atom. The van der Waals surface area contributed by atoms with E-state index in [0.29, 0.717) is 22.9 Å². The monoisotopic (exact) mass is 285 g/mol. The fourth-order valence-electron chi connectivity index (χ4n) is 1.83. The number of nitrogens with one attached hydrogen (secondary N) is 1. The maximum atomic E-state index is 11.9. The van der Waals surface area contributed by atoms with Crippen LogP contribution in [0.5, 0.6) is 5.75 Å². The molecule has 0 aliphatic heterocycles. The Morgan fingerprint density at radius 2 is 2.00 bits per heavy atom. The highest BCUT2D eigenvalue weighted by Crippen LogP contribution is 2.19. The van der Waals surface area contributed by atoms with Gasteiger partial charge < -0.3 is 15.8 Å². The average Bonchev–Trinajstić information content (AvgIpc) is 2.44. The van der Waals surface area contributed by atoms with Crippen LogP contribution in [0, 0.1) is 20.8 Å². The number of nitrogens with two attached hydrogens (primary N) is 1. The summed E-state index contributed by atoms with van der Waals surface area (Å²) >= 11 is 0. The van der Waals surface area contributed by atoms with Gasteiger partial charge in [0.25, 0.3) is 5.91 Å². The summed E-state index contributed by atoms with van der Waals surface area (Å²) < 4.78 is 5.54. The lowest BCUT2D eigenvalue weighted by atomic mass is 10.1. The Hall–Kier alpha value is -2.56. The molecule has 3 N–H and O–H groups in total. The number of nitrogens with zero attached hydrogens (tertiary/aromatic N) is 1. The van der Waals surface area contributed by atoms with Crippen molar-refractivity contribution in [2.24, 2.45) is 0 Å². The highest BCUT2D eigenvalue weighted by atomic mass is 16.5. The second kappa shape index (κ2) is 6.26. The molecule has 1 heterocycles. The minimum atomic E-state index is -0.257. The zero-order valence-electron chi connectivity index (χ0n) is 12.4. The standard InChI is InChI=1S/C16H19N3O2/c1-10-4-5-11(2)14(8-10)21-9-16(20)19-15-7-6-13(17)12(3)18-15/h4-8H,9,17H2,1-3H3,(H,18,19,20). The summed E-state index contributed by atoms with van der Waals surface area (Å²) in [5.41, 5.74) is 9.05. The number of hydrogen-bond acceptors (Lipinski definition) is 4.